The molecule has 3 aliphatic rings. The number of hydrogen-bond donors (Lipinski definition) is 1. The van der Waals surface area contributed by atoms with Crippen molar-refractivity contribution in [2.45, 2.75) is 70.9 Å². The fourth-order valence-electron chi connectivity index (χ4n) is 6.09. The highest BCUT2D eigenvalue weighted by atomic mass is 35.5. The zero-order chi connectivity index (χ0) is 25.2. The third kappa shape index (κ3) is 5.14. The average molecular weight is 512 g/mol. The molecule has 2 aromatic rings. The van der Waals surface area contributed by atoms with Crippen molar-refractivity contribution < 1.29 is 14.4 Å². The number of likely N-dealkylation sites (tertiary alicyclic amines) is 1. The number of anilines is 1. The molecule has 5 rings (SSSR count). The van der Waals surface area contributed by atoms with Crippen LogP contribution in [0.25, 0.3) is 0 Å². The van der Waals surface area contributed by atoms with Crippen molar-refractivity contribution in [1.29, 1.82) is 0 Å². The topological polar surface area (TPSA) is 87.5 Å². The van der Waals surface area contributed by atoms with Gasteiger partial charge in [-0.1, -0.05) is 30.9 Å². The van der Waals surface area contributed by atoms with Gasteiger partial charge in [0.25, 0.3) is 0 Å². The molecular formula is C27H34ClN5O3. The van der Waals surface area contributed by atoms with E-state index in [0.717, 1.165) is 50.0 Å². The molecule has 1 unspecified atom stereocenters. The molecule has 0 radical (unpaired) electrons. The first-order chi connectivity index (χ1) is 17.4. The number of benzene rings is 1. The van der Waals surface area contributed by atoms with Crippen LogP contribution in [-0.4, -0.2) is 56.3 Å². The number of fused-ring (bicyclic) bond motifs is 1. The van der Waals surface area contributed by atoms with Crippen LogP contribution in [0.15, 0.2) is 30.5 Å². The zero-order valence-corrected chi connectivity index (χ0v) is 21.5. The second kappa shape index (κ2) is 10.6. The number of aryl methyl sites for hydroxylation is 1. The van der Waals surface area contributed by atoms with E-state index in [2.05, 4.69) is 10.3 Å². The summed E-state index contributed by atoms with van der Waals surface area (Å²) in [7, 11) is 0. The van der Waals surface area contributed by atoms with Crippen LogP contribution in [0.3, 0.4) is 0 Å². The molecule has 1 atom stereocenters. The molecule has 3 amide bonds. The molecule has 1 N–H and O–H groups in total. The molecule has 1 aromatic heterocycles. The number of carbonyl (C=O) groups excluding carboxylic acids is 3. The maximum Gasteiger partial charge on any atom is 0.330 e. The summed E-state index contributed by atoms with van der Waals surface area (Å²) < 4.78 is 1.69. The molecule has 2 aliphatic heterocycles. The van der Waals surface area contributed by atoms with Crippen molar-refractivity contribution in [1.82, 2.24) is 19.4 Å². The minimum Gasteiger partial charge on any atom is -0.342 e. The predicted molar refractivity (Wildman–Crippen MR) is 138 cm³/mol. The smallest absolute Gasteiger partial charge is 0.330 e. The van der Waals surface area contributed by atoms with Crippen LogP contribution in [0, 0.1) is 18.8 Å². The second-order valence-corrected chi connectivity index (χ2v) is 10.8. The van der Waals surface area contributed by atoms with Gasteiger partial charge in [0.1, 0.15) is 5.82 Å². The molecule has 1 saturated heterocycles. The molecule has 36 heavy (non-hydrogen) atoms. The highest BCUT2D eigenvalue weighted by molar-refractivity contribution is 6.30. The Labute approximate surface area is 217 Å². The van der Waals surface area contributed by atoms with Crippen LogP contribution in [0.2, 0.25) is 5.02 Å². The first-order valence-electron chi connectivity index (χ1n) is 13.1. The van der Waals surface area contributed by atoms with Crippen LogP contribution in [0.5, 0.6) is 0 Å². The number of nitrogens with one attached hydrogen (secondary N) is 1. The molecule has 2 fully saturated rings. The quantitative estimate of drug-likeness (QED) is 0.600. The van der Waals surface area contributed by atoms with E-state index in [4.69, 9.17) is 11.6 Å². The number of piperidine rings is 1. The number of hydrogen-bond acceptors (Lipinski definition) is 4. The van der Waals surface area contributed by atoms with E-state index in [0.29, 0.717) is 30.3 Å². The van der Waals surface area contributed by atoms with E-state index < -0.39 is 0 Å². The van der Waals surface area contributed by atoms with Gasteiger partial charge in [-0.2, -0.15) is 0 Å². The van der Waals surface area contributed by atoms with E-state index >= 15 is 0 Å². The van der Waals surface area contributed by atoms with Crippen LogP contribution < -0.4 is 5.32 Å². The SMILES string of the molecule is Cc1ncc2n1C(=O)N(C1CCN(C(=O)C(CC(=O)Nc3ccc(Cl)cc3)C3CCCCC3)CC1)C2. The lowest BCUT2D eigenvalue weighted by Gasteiger charge is -2.39. The molecule has 1 aromatic carbocycles. The van der Waals surface area contributed by atoms with Crippen molar-refractivity contribution in [3.8, 4) is 0 Å². The standard InChI is InChI=1S/C27H34ClN5O3/c1-18-29-16-23-17-32(27(36)33(18)23)22-11-13-31(14-12-22)26(35)24(19-5-3-2-4-6-19)15-25(34)30-21-9-7-20(28)8-10-21/h7-10,16,19,22,24H,2-6,11-15,17H2,1H3,(H,30,34). The summed E-state index contributed by atoms with van der Waals surface area (Å²) in [5, 5.41) is 3.55. The van der Waals surface area contributed by atoms with Crippen molar-refractivity contribution in [2.24, 2.45) is 11.8 Å². The largest absolute Gasteiger partial charge is 0.342 e. The molecule has 1 aliphatic carbocycles. The van der Waals surface area contributed by atoms with Crippen LogP contribution in [0.4, 0.5) is 10.5 Å². The van der Waals surface area contributed by atoms with Crippen LogP contribution in [-0.2, 0) is 16.1 Å². The van der Waals surface area contributed by atoms with Crippen molar-refractivity contribution in [3.05, 3.63) is 47.0 Å². The van der Waals surface area contributed by atoms with Gasteiger partial charge in [0.05, 0.1) is 18.4 Å². The van der Waals surface area contributed by atoms with Crippen molar-refractivity contribution in [2.75, 3.05) is 18.4 Å². The molecule has 0 bridgehead atoms. The van der Waals surface area contributed by atoms with E-state index in [1.807, 2.05) is 16.7 Å². The van der Waals surface area contributed by atoms with Gasteiger partial charge >= 0.3 is 6.03 Å². The van der Waals surface area contributed by atoms with Gasteiger partial charge in [0, 0.05) is 42.2 Å². The summed E-state index contributed by atoms with van der Waals surface area (Å²) in [5.74, 6) is 0.603. The third-order valence-electron chi connectivity index (χ3n) is 8.07. The van der Waals surface area contributed by atoms with Gasteiger partial charge in [0.15, 0.2) is 0 Å². The Balaban J connectivity index is 1.21. The third-order valence-corrected chi connectivity index (χ3v) is 8.32. The van der Waals surface area contributed by atoms with Crippen molar-refractivity contribution in [3.63, 3.8) is 0 Å². The predicted octanol–water partition coefficient (Wildman–Crippen LogP) is 4.84. The molecular weight excluding hydrogens is 478 g/mol. The number of nitrogens with zero attached hydrogens (tertiary/aromatic N) is 4. The van der Waals surface area contributed by atoms with Gasteiger partial charge in [-0.3, -0.25) is 14.2 Å². The molecule has 3 heterocycles. The van der Waals surface area contributed by atoms with Gasteiger partial charge < -0.3 is 15.1 Å². The number of rotatable bonds is 6. The number of imidazole rings is 1. The molecule has 9 heteroatoms. The summed E-state index contributed by atoms with van der Waals surface area (Å²) in [6, 6.07) is 7.13. The Bertz CT molecular complexity index is 1120. The van der Waals surface area contributed by atoms with Gasteiger partial charge in [-0.15, -0.1) is 0 Å². The molecule has 1 saturated carbocycles. The Kier molecular flexibility index (Phi) is 7.32. The van der Waals surface area contributed by atoms with E-state index in [-0.39, 0.29) is 42.1 Å². The van der Waals surface area contributed by atoms with E-state index in [1.165, 1.54) is 6.42 Å². The fraction of sp³-hybridized carbons (Fsp3) is 0.556. The highest BCUT2D eigenvalue weighted by Gasteiger charge is 2.39. The highest BCUT2D eigenvalue weighted by Crippen LogP contribution is 2.34. The Morgan fingerprint density at radius 1 is 1.08 bits per heavy atom. The summed E-state index contributed by atoms with van der Waals surface area (Å²) in [6.07, 6.45) is 8.88. The average Bonchev–Trinajstić information content (AvgIpc) is 3.43. The second-order valence-electron chi connectivity index (χ2n) is 10.4. The number of aromatic nitrogens is 2. The summed E-state index contributed by atoms with van der Waals surface area (Å²) in [4.78, 5) is 47.7. The monoisotopic (exact) mass is 511 g/mol. The first-order valence-corrected chi connectivity index (χ1v) is 13.5. The normalized spacial score (nSPS) is 19.9. The van der Waals surface area contributed by atoms with Crippen LogP contribution >= 0.6 is 11.6 Å². The molecule has 0 spiro atoms. The Hall–Kier alpha value is -2.87. The lowest BCUT2D eigenvalue weighted by atomic mass is 9.77. The summed E-state index contributed by atoms with van der Waals surface area (Å²) in [6.45, 7) is 3.65. The summed E-state index contributed by atoms with van der Waals surface area (Å²) >= 11 is 5.96. The fourth-order valence-corrected chi connectivity index (χ4v) is 6.22. The maximum absolute atomic E-state index is 13.7. The minimum atomic E-state index is -0.308. The Morgan fingerprint density at radius 2 is 1.78 bits per heavy atom. The first kappa shape index (κ1) is 24.8. The lowest BCUT2D eigenvalue weighted by molar-refractivity contribution is -0.141. The van der Waals surface area contributed by atoms with E-state index in [9.17, 15) is 14.4 Å². The number of halogens is 1. The van der Waals surface area contributed by atoms with Gasteiger partial charge in [-0.25, -0.2) is 9.78 Å². The molecule has 8 nitrogen and oxygen atoms in total. The maximum atomic E-state index is 13.7. The van der Waals surface area contributed by atoms with Gasteiger partial charge in [0.2, 0.25) is 11.8 Å². The Morgan fingerprint density at radius 3 is 2.44 bits per heavy atom. The van der Waals surface area contributed by atoms with Crippen molar-refractivity contribution >= 4 is 35.1 Å². The minimum absolute atomic E-state index is 0.0104. The number of carbonyl (C=O) groups is 3. The van der Waals surface area contributed by atoms with E-state index in [1.54, 1.807) is 35.0 Å². The zero-order valence-electron chi connectivity index (χ0n) is 20.8. The summed E-state index contributed by atoms with van der Waals surface area (Å²) in [5.41, 5.74) is 1.62. The lowest BCUT2D eigenvalue weighted by Crippen LogP contribution is -2.50. The van der Waals surface area contributed by atoms with Crippen LogP contribution in [0.1, 0.15) is 62.9 Å². The molecule has 192 valence electrons. The number of amides is 3. The van der Waals surface area contributed by atoms with Gasteiger partial charge in [-0.05, 0) is 62.8 Å².